The van der Waals surface area contributed by atoms with Gasteiger partial charge >= 0.3 is 0 Å². The Morgan fingerprint density at radius 1 is 0.265 bits per heavy atom. The lowest BCUT2D eigenvalue weighted by atomic mass is 9.95. The number of rotatable bonds is 0. The first-order valence-corrected chi connectivity index (χ1v) is 11.6. The minimum absolute atomic E-state index is 1.00. The molecule has 0 bridgehead atoms. The fourth-order valence-corrected chi connectivity index (χ4v) is 5.34. The van der Waals surface area contributed by atoms with Crippen LogP contribution in [0.5, 0.6) is 0 Å². The molecule has 1 N–H and O–H groups in total. The molecular formula is C33H24O. The Labute approximate surface area is 198 Å². The summed E-state index contributed by atoms with van der Waals surface area (Å²) in [5.74, 6) is 0. The van der Waals surface area contributed by atoms with Gasteiger partial charge in [-0.2, -0.15) is 0 Å². The Kier molecular flexibility index (Phi) is 4.98. The van der Waals surface area contributed by atoms with E-state index in [1.165, 1.54) is 64.6 Å². The molecule has 0 aliphatic heterocycles. The lowest BCUT2D eigenvalue weighted by Crippen LogP contribution is -1.82. The Morgan fingerprint density at radius 3 is 0.559 bits per heavy atom. The number of hydrogen-bond acceptors (Lipinski definition) is 1. The SMILES string of the molecule is CO.c1cc2ccc3cccc4ccc(c1)c2c34.c1cc2ccc3cccc4ccc(c1)c2c34. The van der Waals surface area contributed by atoms with Crippen LogP contribution in [0.2, 0.25) is 0 Å². The third-order valence-corrected chi connectivity index (χ3v) is 6.79. The fourth-order valence-electron chi connectivity index (χ4n) is 5.34. The van der Waals surface area contributed by atoms with E-state index in [4.69, 9.17) is 5.11 Å². The van der Waals surface area contributed by atoms with Gasteiger partial charge in [-0.1, -0.05) is 121 Å². The summed E-state index contributed by atoms with van der Waals surface area (Å²) < 4.78 is 0. The van der Waals surface area contributed by atoms with E-state index in [1.54, 1.807) is 0 Å². The molecule has 0 saturated carbocycles. The zero-order valence-corrected chi connectivity index (χ0v) is 19.0. The zero-order valence-electron chi connectivity index (χ0n) is 19.0. The maximum absolute atomic E-state index is 7.00. The van der Waals surface area contributed by atoms with Gasteiger partial charge in [0.15, 0.2) is 0 Å². The quantitative estimate of drug-likeness (QED) is 0.236. The van der Waals surface area contributed by atoms with Crippen LogP contribution in [-0.4, -0.2) is 12.2 Å². The van der Waals surface area contributed by atoms with Crippen molar-refractivity contribution < 1.29 is 5.11 Å². The van der Waals surface area contributed by atoms with Crippen LogP contribution in [0.1, 0.15) is 0 Å². The van der Waals surface area contributed by atoms with Crippen LogP contribution in [0, 0.1) is 0 Å². The molecule has 0 aliphatic carbocycles. The molecule has 1 nitrogen and oxygen atoms in total. The van der Waals surface area contributed by atoms with Gasteiger partial charge in [0.1, 0.15) is 0 Å². The molecule has 8 aromatic rings. The van der Waals surface area contributed by atoms with Crippen molar-refractivity contribution in [2.45, 2.75) is 0 Å². The second kappa shape index (κ2) is 8.30. The summed E-state index contributed by atoms with van der Waals surface area (Å²) in [6.45, 7) is 0. The molecule has 0 radical (unpaired) electrons. The molecule has 8 aromatic carbocycles. The standard InChI is InChI=1S/2C16H10.CH4O/c2*1-3-11-7-9-13-5-2-6-14-10-8-12(4-1)15(11)16(13)14;1-2/h2*1-10H;2H,1H3. The first-order valence-electron chi connectivity index (χ1n) is 11.6. The van der Waals surface area contributed by atoms with Crippen LogP contribution >= 0.6 is 0 Å². The van der Waals surface area contributed by atoms with E-state index in [2.05, 4.69) is 121 Å². The predicted molar refractivity (Wildman–Crippen MR) is 148 cm³/mol. The molecule has 1 heteroatoms. The van der Waals surface area contributed by atoms with Gasteiger partial charge in [-0.05, 0) is 64.6 Å². The van der Waals surface area contributed by atoms with E-state index < -0.39 is 0 Å². The first kappa shape index (κ1) is 20.4. The predicted octanol–water partition coefficient (Wildman–Crippen LogP) is 8.78. The smallest absolute Gasteiger partial charge is 0.0319 e. The molecule has 0 spiro atoms. The summed E-state index contributed by atoms with van der Waals surface area (Å²) in [6, 6.07) is 43.7. The molecule has 0 aliphatic rings. The van der Waals surface area contributed by atoms with Crippen molar-refractivity contribution in [3.63, 3.8) is 0 Å². The Morgan fingerprint density at radius 2 is 0.412 bits per heavy atom. The van der Waals surface area contributed by atoms with Crippen molar-refractivity contribution in [3.05, 3.63) is 121 Å². The van der Waals surface area contributed by atoms with Crippen LogP contribution < -0.4 is 0 Å². The van der Waals surface area contributed by atoms with Crippen LogP contribution in [0.4, 0.5) is 0 Å². The maximum Gasteiger partial charge on any atom is 0.0319 e. The Hall–Kier alpha value is -4.20. The minimum atomic E-state index is 1.00. The lowest BCUT2D eigenvalue weighted by Gasteiger charge is -2.09. The molecule has 8 rings (SSSR count). The summed E-state index contributed by atoms with van der Waals surface area (Å²) in [7, 11) is 1.00. The average molecular weight is 437 g/mol. The van der Waals surface area contributed by atoms with E-state index >= 15 is 0 Å². The van der Waals surface area contributed by atoms with Crippen molar-refractivity contribution in [3.8, 4) is 0 Å². The molecule has 0 aromatic heterocycles. The molecule has 162 valence electrons. The van der Waals surface area contributed by atoms with Crippen molar-refractivity contribution in [1.29, 1.82) is 0 Å². The van der Waals surface area contributed by atoms with Crippen LogP contribution in [0.3, 0.4) is 0 Å². The largest absolute Gasteiger partial charge is 0.400 e. The van der Waals surface area contributed by atoms with Gasteiger partial charge in [-0.15, -0.1) is 0 Å². The molecule has 0 atom stereocenters. The fraction of sp³-hybridized carbons (Fsp3) is 0.0303. The molecule has 0 saturated heterocycles. The van der Waals surface area contributed by atoms with Crippen LogP contribution in [0.25, 0.3) is 64.6 Å². The Bertz CT molecular complexity index is 1480. The van der Waals surface area contributed by atoms with Crippen molar-refractivity contribution in [2.75, 3.05) is 7.11 Å². The minimum Gasteiger partial charge on any atom is -0.400 e. The van der Waals surface area contributed by atoms with Crippen molar-refractivity contribution in [2.24, 2.45) is 0 Å². The molecule has 0 fully saturated rings. The summed E-state index contributed by atoms with van der Waals surface area (Å²) >= 11 is 0. The van der Waals surface area contributed by atoms with Crippen LogP contribution in [-0.2, 0) is 0 Å². The highest BCUT2D eigenvalue weighted by Crippen LogP contribution is 2.35. The number of aliphatic hydroxyl groups excluding tert-OH is 1. The van der Waals surface area contributed by atoms with E-state index in [0.717, 1.165) is 7.11 Å². The third-order valence-electron chi connectivity index (χ3n) is 6.79. The topological polar surface area (TPSA) is 20.2 Å². The van der Waals surface area contributed by atoms with Crippen LogP contribution in [0.15, 0.2) is 121 Å². The van der Waals surface area contributed by atoms with E-state index in [1.807, 2.05) is 0 Å². The summed E-state index contributed by atoms with van der Waals surface area (Å²) in [6.07, 6.45) is 0. The van der Waals surface area contributed by atoms with Gasteiger partial charge in [0.05, 0.1) is 0 Å². The lowest BCUT2D eigenvalue weighted by molar-refractivity contribution is 0.399. The zero-order chi connectivity index (χ0) is 23.1. The highest BCUT2D eigenvalue weighted by atomic mass is 16.2. The third kappa shape index (κ3) is 3.14. The van der Waals surface area contributed by atoms with Gasteiger partial charge in [0, 0.05) is 7.11 Å². The van der Waals surface area contributed by atoms with Gasteiger partial charge in [0.25, 0.3) is 0 Å². The molecule has 0 heterocycles. The average Bonchev–Trinajstić information content (AvgIpc) is 2.92. The number of hydrogen-bond donors (Lipinski definition) is 1. The Balaban J connectivity index is 0.000000119. The van der Waals surface area contributed by atoms with Gasteiger partial charge < -0.3 is 5.11 Å². The summed E-state index contributed by atoms with van der Waals surface area (Å²) in [5, 5.41) is 23.3. The van der Waals surface area contributed by atoms with E-state index in [0.29, 0.717) is 0 Å². The maximum atomic E-state index is 7.00. The molecule has 0 unspecified atom stereocenters. The monoisotopic (exact) mass is 436 g/mol. The summed E-state index contributed by atoms with van der Waals surface area (Å²) in [4.78, 5) is 0. The normalized spacial score (nSPS) is 11.2. The number of benzene rings is 8. The van der Waals surface area contributed by atoms with Gasteiger partial charge in [-0.3, -0.25) is 0 Å². The van der Waals surface area contributed by atoms with E-state index in [9.17, 15) is 0 Å². The van der Waals surface area contributed by atoms with E-state index in [-0.39, 0.29) is 0 Å². The number of aliphatic hydroxyl groups is 1. The van der Waals surface area contributed by atoms with Crippen molar-refractivity contribution in [1.82, 2.24) is 0 Å². The highest BCUT2D eigenvalue weighted by Gasteiger charge is 2.07. The molecule has 0 amide bonds. The highest BCUT2D eigenvalue weighted by molar-refractivity contribution is 6.23. The summed E-state index contributed by atoms with van der Waals surface area (Å²) in [5.41, 5.74) is 0. The van der Waals surface area contributed by atoms with Gasteiger partial charge in [-0.25, -0.2) is 0 Å². The van der Waals surface area contributed by atoms with Crippen molar-refractivity contribution >= 4 is 64.6 Å². The molecule has 34 heavy (non-hydrogen) atoms. The second-order valence-corrected chi connectivity index (χ2v) is 8.58. The second-order valence-electron chi connectivity index (χ2n) is 8.58. The first-order chi connectivity index (χ1) is 16.9. The van der Waals surface area contributed by atoms with Gasteiger partial charge in [0.2, 0.25) is 0 Å². The molecular weight excluding hydrogens is 412 g/mol.